The Morgan fingerprint density at radius 3 is 1.72 bits per heavy atom. The van der Waals surface area contributed by atoms with E-state index in [-0.39, 0.29) is 5.97 Å². The number of esters is 2. The second-order valence-electron chi connectivity index (χ2n) is 6.11. The van der Waals surface area contributed by atoms with Crippen LogP contribution in [0.25, 0.3) is 0 Å². The highest BCUT2D eigenvalue weighted by Crippen LogP contribution is 2.20. The number of hydrogen-bond acceptors (Lipinski definition) is 8. The maximum atomic E-state index is 11.5. The Morgan fingerprint density at radius 2 is 1.24 bits per heavy atom. The van der Waals surface area contributed by atoms with Gasteiger partial charge in [-0.3, -0.25) is 0 Å². The lowest BCUT2D eigenvalue weighted by atomic mass is 10.2. The van der Waals surface area contributed by atoms with Crippen LogP contribution < -0.4 is 10.6 Å². The lowest BCUT2D eigenvalue weighted by Crippen LogP contribution is -2.04. The van der Waals surface area contributed by atoms with Gasteiger partial charge in [0.05, 0.1) is 25.3 Å². The lowest BCUT2D eigenvalue weighted by Gasteiger charge is -2.10. The first-order valence-corrected chi connectivity index (χ1v) is 8.75. The van der Waals surface area contributed by atoms with Crippen LogP contribution in [0.1, 0.15) is 26.4 Å². The molecule has 0 aliphatic carbocycles. The third kappa shape index (κ3) is 5.07. The molecule has 0 saturated heterocycles. The molecule has 1 aromatic heterocycles. The summed E-state index contributed by atoms with van der Waals surface area (Å²) in [6.45, 7) is 1.86. The maximum absolute atomic E-state index is 11.5. The Morgan fingerprint density at radius 1 is 0.759 bits per heavy atom. The Hall–Kier alpha value is -3.94. The van der Waals surface area contributed by atoms with Crippen molar-refractivity contribution in [2.45, 2.75) is 6.92 Å². The van der Waals surface area contributed by atoms with E-state index in [1.165, 1.54) is 14.2 Å². The fourth-order valence-electron chi connectivity index (χ4n) is 2.58. The number of anilines is 4. The molecule has 0 aliphatic heterocycles. The number of methoxy groups -OCH3 is 2. The van der Waals surface area contributed by atoms with E-state index in [9.17, 15) is 9.59 Å². The van der Waals surface area contributed by atoms with Crippen molar-refractivity contribution in [2.24, 2.45) is 0 Å². The molecule has 29 heavy (non-hydrogen) atoms. The van der Waals surface area contributed by atoms with Crippen LogP contribution in [0.2, 0.25) is 0 Å². The van der Waals surface area contributed by atoms with Crippen molar-refractivity contribution in [2.75, 3.05) is 24.9 Å². The number of hydrogen-bond donors (Lipinski definition) is 2. The number of nitrogens with zero attached hydrogens (tertiary/aromatic N) is 2. The molecule has 2 N–H and O–H groups in total. The van der Waals surface area contributed by atoms with Gasteiger partial charge < -0.3 is 20.1 Å². The van der Waals surface area contributed by atoms with Gasteiger partial charge >= 0.3 is 11.9 Å². The number of carbonyl (C=O) groups excluding carboxylic acids is 2. The highest BCUT2D eigenvalue weighted by Gasteiger charge is 2.08. The zero-order valence-corrected chi connectivity index (χ0v) is 16.2. The number of rotatable bonds is 6. The zero-order valence-electron chi connectivity index (χ0n) is 16.2. The van der Waals surface area contributed by atoms with Gasteiger partial charge in [-0.2, -0.15) is 4.98 Å². The van der Waals surface area contributed by atoms with Crippen LogP contribution in [-0.4, -0.2) is 36.1 Å². The molecule has 3 rings (SSSR count). The van der Waals surface area contributed by atoms with Gasteiger partial charge in [-0.15, -0.1) is 0 Å². The van der Waals surface area contributed by atoms with Gasteiger partial charge in [0.1, 0.15) is 5.82 Å². The molecule has 0 atom stereocenters. The number of ether oxygens (including phenoxy) is 2. The van der Waals surface area contributed by atoms with Crippen LogP contribution in [-0.2, 0) is 9.47 Å². The molecular weight excluding hydrogens is 372 g/mol. The van der Waals surface area contributed by atoms with E-state index in [0.29, 0.717) is 22.9 Å². The molecule has 8 nitrogen and oxygen atoms in total. The van der Waals surface area contributed by atoms with Crippen molar-refractivity contribution in [3.63, 3.8) is 0 Å². The third-order valence-electron chi connectivity index (χ3n) is 3.99. The van der Waals surface area contributed by atoms with E-state index in [4.69, 9.17) is 9.47 Å². The molecule has 148 valence electrons. The van der Waals surface area contributed by atoms with Gasteiger partial charge in [-0.05, 0) is 55.5 Å². The highest BCUT2D eigenvalue weighted by atomic mass is 16.5. The summed E-state index contributed by atoms with van der Waals surface area (Å²) < 4.78 is 9.39. The second-order valence-corrected chi connectivity index (χ2v) is 6.11. The standard InChI is InChI=1S/C21H20N4O4/c1-13-12-18(23-16-8-4-14(5-9-16)19(26)28-2)25-21(22-13)24-17-10-6-15(7-11-17)20(27)29-3/h4-12H,1-3H3,(H2,22,23,24,25). The predicted molar refractivity (Wildman–Crippen MR) is 109 cm³/mol. The largest absolute Gasteiger partial charge is 0.465 e. The number of aryl methyl sites for hydroxylation is 1. The molecule has 0 fully saturated rings. The fraction of sp³-hybridized carbons (Fsp3) is 0.143. The summed E-state index contributed by atoms with van der Waals surface area (Å²) in [6, 6.07) is 15.5. The minimum atomic E-state index is -0.395. The molecular formula is C21H20N4O4. The van der Waals surface area contributed by atoms with Crippen molar-refractivity contribution < 1.29 is 19.1 Å². The average Bonchev–Trinajstić information content (AvgIpc) is 2.73. The number of benzene rings is 2. The van der Waals surface area contributed by atoms with E-state index in [1.807, 2.05) is 6.92 Å². The third-order valence-corrected chi connectivity index (χ3v) is 3.99. The minimum Gasteiger partial charge on any atom is -0.465 e. The van der Waals surface area contributed by atoms with Crippen molar-refractivity contribution in [3.8, 4) is 0 Å². The van der Waals surface area contributed by atoms with Gasteiger partial charge in [-0.25, -0.2) is 14.6 Å². The summed E-state index contributed by atoms with van der Waals surface area (Å²) in [7, 11) is 2.68. The molecule has 0 spiro atoms. The normalized spacial score (nSPS) is 10.2. The van der Waals surface area contributed by atoms with Crippen LogP contribution in [0.3, 0.4) is 0 Å². The van der Waals surface area contributed by atoms with E-state index in [1.54, 1.807) is 54.6 Å². The van der Waals surface area contributed by atoms with Crippen LogP contribution in [0.15, 0.2) is 54.6 Å². The first-order valence-electron chi connectivity index (χ1n) is 8.75. The summed E-state index contributed by atoms with van der Waals surface area (Å²) >= 11 is 0. The summed E-state index contributed by atoms with van der Waals surface area (Å²) in [5.74, 6) is 0.216. The molecule has 2 aromatic carbocycles. The monoisotopic (exact) mass is 392 g/mol. The minimum absolute atomic E-state index is 0.390. The molecule has 8 heteroatoms. The molecule has 3 aromatic rings. The fourth-order valence-corrected chi connectivity index (χ4v) is 2.58. The smallest absolute Gasteiger partial charge is 0.337 e. The molecule has 0 bridgehead atoms. The summed E-state index contributed by atoms with van der Waals surface area (Å²) in [4.78, 5) is 31.9. The Balaban J connectivity index is 1.74. The molecule has 0 radical (unpaired) electrons. The Labute approximate surface area is 167 Å². The Kier molecular flexibility index (Phi) is 6.03. The molecule has 0 saturated carbocycles. The van der Waals surface area contributed by atoms with Crippen molar-refractivity contribution in [1.29, 1.82) is 0 Å². The van der Waals surface area contributed by atoms with Crippen molar-refractivity contribution in [3.05, 3.63) is 71.4 Å². The number of aromatic nitrogens is 2. The van der Waals surface area contributed by atoms with Crippen LogP contribution in [0.5, 0.6) is 0 Å². The topological polar surface area (TPSA) is 102 Å². The molecule has 0 amide bonds. The zero-order chi connectivity index (χ0) is 20.8. The number of nitrogens with one attached hydrogen (secondary N) is 2. The number of carbonyl (C=O) groups is 2. The lowest BCUT2D eigenvalue weighted by molar-refractivity contribution is 0.0592. The van der Waals surface area contributed by atoms with Crippen LogP contribution >= 0.6 is 0 Å². The summed E-state index contributed by atoms with van der Waals surface area (Å²) in [6.07, 6.45) is 0. The first kappa shape index (κ1) is 19.8. The average molecular weight is 392 g/mol. The summed E-state index contributed by atoms with van der Waals surface area (Å²) in [5, 5.41) is 6.29. The van der Waals surface area contributed by atoms with Gasteiger partial charge in [0.25, 0.3) is 0 Å². The molecule has 0 aliphatic rings. The van der Waals surface area contributed by atoms with E-state index >= 15 is 0 Å². The second kappa shape index (κ2) is 8.83. The first-order chi connectivity index (χ1) is 14.0. The summed E-state index contributed by atoms with van der Waals surface area (Å²) in [5.41, 5.74) is 3.19. The van der Waals surface area contributed by atoms with E-state index in [0.717, 1.165) is 17.1 Å². The van der Waals surface area contributed by atoms with Crippen molar-refractivity contribution >= 4 is 35.1 Å². The van der Waals surface area contributed by atoms with E-state index in [2.05, 4.69) is 20.6 Å². The van der Waals surface area contributed by atoms with Crippen LogP contribution in [0, 0.1) is 6.92 Å². The van der Waals surface area contributed by atoms with E-state index < -0.39 is 5.97 Å². The van der Waals surface area contributed by atoms with Gasteiger partial charge in [0.15, 0.2) is 0 Å². The van der Waals surface area contributed by atoms with Gasteiger partial charge in [0.2, 0.25) is 5.95 Å². The molecule has 1 heterocycles. The Bertz CT molecular complexity index is 938. The van der Waals surface area contributed by atoms with Gasteiger partial charge in [-0.1, -0.05) is 0 Å². The SMILES string of the molecule is COC(=O)c1ccc(Nc2cc(C)nc(Nc3ccc(C(=O)OC)cc3)n2)cc1. The maximum Gasteiger partial charge on any atom is 0.337 e. The highest BCUT2D eigenvalue weighted by molar-refractivity contribution is 5.90. The van der Waals surface area contributed by atoms with Gasteiger partial charge in [0, 0.05) is 23.1 Å². The predicted octanol–water partition coefficient (Wildman–Crippen LogP) is 3.85. The quantitative estimate of drug-likeness (QED) is 0.610. The molecule has 0 unspecified atom stereocenters. The van der Waals surface area contributed by atoms with Crippen molar-refractivity contribution in [1.82, 2.24) is 9.97 Å². The van der Waals surface area contributed by atoms with Crippen LogP contribution in [0.4, 0.5) is 23.1 Å².